The van der Waals surface area contributed by atoms with Crippen molar-refractivity contribution in [3.8, 4) is 0 Å². The van der Waals surface area contributed by atoms with E-state index in [1.54, 1.807) is 0 Å². The standard InChI is InChI=1S/C18H21BrN2/c1-13-7-8-14-5-3-4-6-17(14)21(13)18-11-16(19)10-9-15(18)12-20-2/h3-6,9-11,13,20H,7-8,12H2,1-2H3. The number of fused-ring (bicyclic) bond motifs is 1. The average molecular weight is 345 g/mol. The number of rotatable bonds is 3. The molecule has 2 aromatic rings. The van der Waals surface area contributed by atoms with Crippen molar-refractivity contribution in [1.29, 1.82) is 0 Å². The van der Waals surface area contributed by atoms with Crippen LogP contribution in [0.3, 0.4) is 0 Å². The molecule has 21 heavy (non-hydrogen) atoms. The number of para-hydroxylation sites is 1. The first-order valence-electron chi connectivity index (χ1n) is 7.51. The predicted molar refractivity (Wildman–Crippen MR) is 93.3 cm³/mol. The van der Waals surface area contributed by atoms with Gasteiger partial charge in [-0.1, -0.05) is 40.2 Å². The number of nitrogens with zero attached hydrogens (tertiary/aromatic N) is 1. The summed E-state index contributed by atoms with van der Waals surface area (Å²) in [5.41, 5.74) is 5.44. The highest BCUT2D eigenvalue weighted by Crippen LogP contribution is 2.39. The fourth-order valence-corrected chi connectivity index (χ4v) is 3.51. The van der Waals surface area contributed by atoms with Gasteiger partial charge in [-0.05, 0) is 56.1 Å². The van der Waals surface area contributed by atoms with E-state index in [-0.39, 0.29) is 0 Å². The quantitative estimate of drug-likeness (QED) is 0.872. The molecule has 1 aliphatic rings. The van der Waals surface area contributed by atoms with E-state index in [0.29, 0.717) is 6.04 Å². The first-order chi connectivity index (χ1) is 10.2. The van der Waals surface area contributed by atoms with Crippen molar-refractivity contribution in [3.63, 3.8) is 0 Å². The second-order valence-corrected chi connectivity index (χ2v) is 6.61. The zero-order valence-corrected chi connectivity index (χ0v) is 14.2. The Hall–Kier alpha value is -1.32. The van der Waals surface area contributed by atoms with Crippen LogP contribution in [0.4, 0.5) is 11.4 Å². The molecule has 0 aromatic heterocycles. The molecule has 2 nitrogen and oxygen atoms in total. The zero-order valence-electron chi connectivity index (χ0n) is 12.6. The Labute approximate surface area is 135 Å². The minimum Gasteiger partial charge on any atom is -0.338 e. The number of anilines is 2. The monoisotopic (exact) mass is 344 g/mol. The van der Waals surface area contributed by atoms with E-state index in [4.69, 9.17) is 0 Å². The Bertz CT molecular complexity index is 639. The summed E-state index contributed by atoms with van der Waals surface area (Å²) in [6.45, 7) is 3.20. The zero-order chi connectivity index (χ0) is 14.8. The molecule has 2 aromatic carbocycles. The SMILES string of the molecule is CNCc1ccc(Br)cc1N1c2ccccc2CCC1C. The van der Waals surface area contributed by atoms with Crippen LogP contribution >= 0.6 is 15.9 Å². The molecule has 0 saturated heterocycles. The van der Waals surface area contributed by atoms with Gasteiger partial charge in [-0.2, -0.15) is 0 Å². The molecule has 0 radical (unpaired) electrons. The minimum absolute atomic E-state index is 0.518. The van der Waals surface area contributed by atoms with Crippen LogP contribution in [0.15, 0.2) is 46.9 Å². The molecule has 0 spiro atoms. The smallest absolute Gasteiger partial charge is 0.0470 e. The number of nitrogens with one attached hydrogen (secondary N) is 1. The molecular weight excluding hydrogens is 324 g/mol. The molecule has 1 atom stereocenters. The van der Waals surface area contributed by atoms with Gasteiger partial charge in [-0.15, -0.1) is 0 Å². The number of hydrogen-bond acceptors (Lipinski definition) is 2. The van der Waals surface area contributed by atoms with Crippen molar-refractivity contribution < 1.29 is 0 Å². The normalized spacial score (nSPS) is 17.7. The predicted octanol–water partition coefficient (Wildman–Crippen LogP) is 4.64. The largest absolute Gasteiger partial charge is 0.338 e. The van der Waals surface area contributed by atoms with E-state index in [9.17, 15) is 0 Å². The Morgan fingerprint density at radius 3 is 2.81 bits per heavy atom. The van der Waals surface area contributed by atoms with Gasteiger partial charge in [0, 0.05) is 28.4 Å². The maximum absolute atomic E-state index is 3.63. The molecule has 0 bridgehead atoms. The first kappa shape index (κ1) is 14.6. The van der Waals surface area contributed by atoms with E-state index in [1.165, 1.54) is 35.3 Å². The van der Waals surface area contributed by atoms with Crippen LogP contribution < -0.4 is 10.2 Å². The van der Waals surface area contributed by atoms with E-state index >= 15 is 0 Å². The summed E-state index contributed by atoms with van der Waals surface area (Å²) in [4.78, 5) is 2.50. The van der Waals surface area contributed by atoms with Crippen LogP contribution in [-0.4, -0.2) is 13.1 Å². The third-order valence-corrected chi connectivity index (χ3v) is 4.69. The molecule has 1 N–H and O–H groups in total. The Morgan fingerprint density at radius 2 is 2.00 bits per heavy atom. The van der Waals surface area contributed by atoms with Crippen molar-refractivity contribution in [1.82, 2.24) is 5.32 Å². The molecule has 110 valence electrons. The highest BCUT2D eigenvalue weighted by Gasteiger charge is 2.25. The van der Waals surface area contributed by atoms with E-state index in [2.05, 4.69) is 75.5 Å². The Morgan fingerprint density at radius 1 is 1.19 bits per heavy atom. The fourth-order valence-electron chi connectivity index (χ4n) is 3.16. The Balaban J connectivity index is 2.13. The second kappa shape index (κ2) is 6.20. The fraction of sp³-hybridized carbons (Fsp3) is 0.333. The van der Waals surface area contributed by atoms with Gasteiger partial charge in [0.15, 0.2) is 0 Å². The van der Waals surface area contributed by atoms with Crippen LogP contribution in [0.2, 0.25) is 0 Å². The lowest BCUT2D eigenvalue weighted by atomic mass is 9.95. The number of aryl methyl sites for hydroxylation is 1. The minimum atomic E-state index is 0.518. The van der Waals surface area contributed by atoms with Gasteiger partial charge in [0.25, 0.3) is 0 Å². The maximum atomic E-state index is 3.63. The second-order valence-electron chi connectivity index (χ2n) is 5.69. The van der Waals surface area contributed by atoms with Gasteiger partial charge in [0.05, 0.1) is 0 Å². The summed E-state index contributed by atoms with van der Waals surface area (Å²) in [6, 6.07) is 15.9. The molecule has 1 heterocycles. The lowest BCUT2D eigenvalue weighted by Gasteiger charge is -2.38. The van der Waals surface area contributed by atoms with Crippen LogP contribution in [0, 0.1) is 0 Å². The van der Waals surface area contributed by atoms with E-state index in [0.717, 1.165) is 11.0 Å². The summed E-state index contributed by atoms with van der Waals surface area (Å²) in [5.74, 6) is 0. The van der Waals surface area contributed by atoms with Crippen LogP contribution in [0.25, 0.3) is 0 Å². The summed E-state index contributed by atoms with van der Waals surface area (Å²) < 4.78 is 1.13. The van der Waals surface area contributed by atoms with Crippen molar-refractivity contribution in [2.45, 2.75) is 32.4 Å². The highest BCUT2D eigenvalue weighted by molar-refractivity contribution is 9.10. The molecular formula is C18H21BrN2. The van der Waals surface area contributed by atoms with Crippen LogP contribution in [0.5, 0.6) is 0 Å². The van der Waals surface area contributed by atoms with E-state index in [1.807, 2.05) is 7.05 Å². The summed E-state index contributed by atoms with van der Waals surface area (Å²) in [5, 5.41) is 3.28. The topological polar surface area (TPSA) is 15.3 Å². The third-order valence-electron chi connectivity index (χ3n) is 4.20. The number of benzene rings is 2. The van der Waals surface area contributed by atoms with Gasteiger partial charge in [0.1, 0.15) is 0 Å². The van der Waals surface area contributed by atoms with Crippen molar-refractivity contribution in [2.24, 2.45) is 0 Å². The molecule has 0 fully saturated rings. The Kier molecular flexibility index (Phi) is 4.32. The van der Waals surface area contributed by atoms with Crippen molar-refractivity contribution in [2.75, 3.05) is 11.9 Å². The van der Waals surface area contributed by atoms with Gasteiger partial charge in [0.2, 0.25) is 0 Å². The van der Waals surface area contributed by atoms with Gasteiger partial charge in [-0.3, -0.25) is 0 Å². The van der Waals surface area contributed by atoms with Crippen LogP contribution in [0.1, 0.15) is 24.5 Å². The molecule has 3 heteroatoms. The molecule has 1 unspecified atom stereocenters. The molecule has 3 rings (SSSR count). The van der Waals surface area contributed by atoms with Gasteiger partial charge >= 0.3 is 0 Å². The molecule has 1 aliphatic heterocycles. The third kappa shape index (κ3) is 2.85. The first-order valence-corrected chi connectivity index (χ1v) is 8.30. The van der Waals surface area contributed by atoms with Crippen LogP contribution in [-0.2, 0) is 13.0 Å². The molecule has 0 saturated carbocycles. The summed E-state index contributed by atoms with van der Waals surface area (Å²) in [6.07, 6.45) is 2.37. The summed E-state index contributed by atoms with van der Waals surface area (Å²) >= 11 is 3.63. The van der Waals surface area contributed by atoms with E-state index < -0.39 is 0 Å². The van der Waals surface area contributed by atoms with Crippen molar-refractivity contribution in [3.05, 3.63) is 58.1 Å². The van der Waals surface area contributed by atoms with Crippen molar-refractivity contribution >= 4 is 27.3 Å². The average Bonchev–Trinajstić information content (AvgIpc) is 2.49. The molecule has 0 aliphatic carbocycles. The highest BCUT2D eigenvalue weighted by atomic mass is 79.9. The van der Waals surface area contributed by atoms with Gasteiger partial charge < -0.3 is 10.2 Å². The lowest BCUT2D eigenvalue weighted by Crippen LogP contribution is -2.34. The lowest BCUT2D eigenvalue weighted by molar-refractivity contribution is 0.615. The number of hydrogen-bond donors (Lipinski definition) is 1. The number of halogens is 1. The van der Waals surface area contributed by atoms with Gasteiger partial charge in [-0.25, -0.2) is 0 Å². The maximum Gasteiger partial charge on any atom is 0.0470 e. The molecule has 0 amide bonds. The summed E-state index contributed by atoms with van der Waals surface area (Å²) in [7, 11) is 2.00.